The largest absolute Gasteiger partial charge is 0.447 e. The third kappa shape index (κ3) is 3.17. The monoisotopic (exact) mass is 393 g/mol. The first kappa shape index (κ1) is 19.1. The Balaban J connectivity index is 1.86. The van der Waals surface area contributed by atoms with Crippen molar-refractivity contribution in [1.29, 1.82) is 0 Å². The molecule has 0 unspecified atom stereocenters. The quantitative estimate of drug-likeness (QED) is 0.819. The number of hydrogen-bond donors (Lipinski definition) is 2. The average Bonchev–Trinajstić information content (AvgIpc) is 2.92. The standard InChI is InChI=1S/C22H23N3O4/c1-3-14(2)17-18-24-20-22(28,11-7-8-12-29-20)21(27)25(18)16(19(26)23-17)13-15-9-5-4-6-10-15/h4-12,14,16,28H,3,13H2,1-2H3,(H,23,26)/t14-,16-,22+/m0/s1. The number of aliphatic hydroxyl groups is 1. The summed E-state index contributed by atoms with van der Waals surface area (Å²) in [6, 6.07) is 8.63. The highest BCUT2D eigenvalue weighted by Gasteiger charge is 2.54. The first-order chi connectivity index (χ1) is 14.0. The third-order valence-electron chi connectivity index (χ3n) is 5.50. The van der Waals surface area contributed by atoms with Crippen LogP contribution in [0.15, 0.2) is 71.3 Å². The Labute approximate surface area is 169 Å². The molecule has 3 atom stereocenters. The molecule has 150 valence electrons. The molecule has 4 rings (SSSR count). The fourth-order valence-electron chi connectivity index (χ4n) is 3.65. The minimum Gasteiger partial charge on any atom is -0.447 e. The second-order valence-electron chi connectivity index (χ2n) is 7.41. The van der Waals surface area contributed by atoms with Gasteiger partial charge in [-0.2, -0.15) is 4.99 Å². The summed E-state index contributed by atoms with van der Waals surface area (Å²) < 4.78 is 5.43. The van der Waals surface area contributed by atoms with Crippen molar-refractivity contribution in [1.82, 2.24) is 10.2 Å². The van der Waals surface area contributed by atoms with Gasteiger partial charge in [0, 0.05) is 6.42 Å². The molecule has 0 aliphatic carbocycles. The number of aliphatic imine (C=N–C) groups is 1. The van der Waals surface area contributed by atoms with Gasteiger partial charge in [0.2, 0.25) is 17.4 Å². The maximum atomic E-state index is 13.5. The van der Waals surface area contributed by atoms with Crippen molar-refractivity contribution >= 4 is 17.7 Å². The fraction of sp³-hybridized carbons (Fsp3) is 0.318. The maximum Gasteiger partial charge on any atom is 0.274 e. The van der Waals surface area contributed by atoms with Crippen molar-refractivity contribution in [2.75, 3.05) is 0 Å². The van der Waals surface area contributed by atoms with E-state index in [1.807, 2.05) is 44.2 Å². The fourth-order valence-corrected chi connectivity index (χ4v) is 3.65. The number of amides is 2. The van der Waals surface area contributed by atoms with Crippen LogP contribution >= 0.6 is 0 Å². The van der Waals surface area contributed by atoms with Crippen molar-refractivity contribution in [3.8, 4) is 0 Å². The van der Waals surface area contributed by atoms with Crippen molar-refractivity contribution < 1.29 is 19.4 Å². The summed E-state index contributed by atoms with van der Waals surface area (Å²) in [6.45, 7) is 3.95. The zero-order valence-corrected chi connectivity index (χ0v) is 16.3. The van der Waals surface area contributed by atoms with Crippen LogP contribution in [0.4, 0.5) is 0 Å². The highest BCUT2D eigenvalue weighted by Crippen LogP contribution is 2.35. The molecule has 2 N–H and O–H groups in total. The zero-order valence-electron chi connectivity index (χ0n) is 16.3. The SMILES string of the molecule is CC[C@H](C)C1=C2N=C3OC=CC=C[C@]3(O)C(=O)N2[C@@H](Cc2ccccc2)C(=O)N1. The van der Waals surface area contributed by atoms with Gasteiger partial charge in [-0.3, -0.25) is 14.5 Å². The third-order valence-corrected chi connectivity index (χ3v) is 5.50. The molecule has 0 fully saturated rings. The van der Waals surface area contributed by atoms with Crippen LogP contribution < -0.4 is 5.32 Å². The normalized spacial score (nSPS) is 26.8. The molecule has 0 saturated heterocycles. The van der Waals surface area contributed by atoms with E-state index in [2.05, 4.69) is 10.3 Å². The Hall–Kier alpha value is -3.19. The van der Waals surface area contributed by atoms with Crippen LogP contribution in [0.3, 0.4) is 0 Å². The molecule has 1 aromatic rings. The summed E-state index contributed by atoms with van der Waals surface area (Å²) in [5.41, 5.74) is -0.589. The number of benzene rings is 1. The molecule has 0 bridgehead atoms. The lowest BCUT2D eigenvalue weighted by atomic mass is 9.92. The smallest absolute Gasteiger partial charge is 0.274 e. The number of rotatable bonds is 4. The average molecular weight is 393 g/mol. The van der Waals surface area contributed by atoms with Gasteiger partial charge < -0.3 is 15.2 Å². The second-order valence-corrected chi connectivity index (χ2v) is 7.41. The highest BCUT2D eigenvalue weighted by molar-refractivity contribution is 6.14. The molecule has 0 spiro atoms. The van der Waals surface area contributed by atoms with Gasteiger partial charge in [0.05, 0.1) is 12.0 Å². The highest BCUT2D eigenvalue weighted by atomic mass is 16.5. The maximum absolute atomic E-state index is 13.5. The van der Waals surface area contributed by atoms with E-state index in [-0.39, 0.29) is 17.7 Å². The van der Waals surface area contributed by atoms with Crippen molar-refractivity contribution in [3.05, 3.63) is 71.9 Å². The molecular formula is C22H23N3O4. The van der Waals surface area contributed by atoms with Gasteiger partial charge in [-0.25, -0.2) is 0 Å². The Morgan fingerprint density at radius 2 is 2.03 bits per heavy atom. The molecule has 2 amide bonds. The van der Waals surface area contributed by atoms with E-state index in [1.165, 1.54) is 23.3 Å². The van der Waals surface area contributed by atoms with Gasteiger partial charge in [-0.15, -0.1) is 0 Å². The molecular weight excluding hydrogens is 370 g/mol. The molecule has 29 heavy (non-hydrogen) atoms. The summed E-state index contributed by atoms with van der Waals surface area (Å²) in [5, 5.41) is 14.0. The number of fused-ring (bicyclic) bond motifs is 2. The van der Waals surface area contributed by atoms with Gasteiger partial charge in [-0.05, 0) is 30.1 Å². The van der Waals surface area contributed by atoms with E-state index in [0.717, 1.165) is 12.0 Å². The Kier molecular flexibility index (Phi) is 4.84. The predicted molar refractivity (Wildman–Crippen MR) is 107 cm³/mol. The van der Waals surface area contributed by atoms with Crippen molar-refractivity contribution in [2.45, 2.75) is 38.3 Å². The number of hydrogen-bond acceptors (Lipinski definition) is 5. The number of nitrogens with zero attached hydrogens (tertiary/aromatic N) is 2. The lowest BCUT2D eigenvalue weighted by Crippen LogP contribution is -2.64. The van der Waals surface area contributed by atoms with Crippen LogP contribution in [-0.2, 0) is 20.7 Å². The van der Waals surface area contributed by atoms with Crippen molar-refractivity contribution in [2.24, 2.45) is 10.9 Å². The lowest BCUT2D eigenvalue weighted by molar-refractivity contribution is -0.148. The van der Waals surface area contributed by atoms with Gasteiger partial charge >= 0.3 is 0 Å². The second kappa shape index (κ2) is 7.33. The van der Waals surface area contributed by atoms with Gasteiger partial charge in [0.15, 0.2) is 5.82 Å². The summed E-state index contributed by atoms with van der Waals surface area (Å²) in [4.78, 5) is 32.4. The summed E-state index contributed by atoms with van der Waals surface area (Å²) in [7, 11) is 0. The molecule has 7 heteroatoms. The number of ether oxygens (including phenoxy) is 1. The molecule has 0 radical (unpaired) electrons. The first-order valence-electron chi connectivity index (χ1n) is 9.71. The Bertz CT molecular complexity index is 964. The summed E-state index contributed by atoms with van der Waals surface area (Å²) >= 11 is 0. The van der Waals surface area contributed by atoms with Gasteiger partial charge in [0.1, 0.15) is 6.04 Å². The van der Waals surface area contributed by atoms with Crippen molar-refractivity contribution in [3.63, 3.8) is 0 Å². The van der Waals surface area contributed by atoms with Crippen LogP contribution in [0, 0.1) is 5.92 Å². The van der Waals surface area contributed by atoms with E-state index in [1.54, 1.807) is 6.08 Å². The first-order valence-corrected chi connectivity index (χ1v) is 9.71. The molecule has 3 heterocycles. The van der Waals surface area contributed by atoms with E-state index in [9.17, 15) is 14.7 Å². The minimum atomic E-state index is -2.06. The van der Waals surface area contributed by atoms with Gasteiger partial charge in [0.25, 0.3) is 5.91 Å². The molecule has 3 aliphatic rings. The van der Waals surface area contributed by atoms with Crippen LogP contribution in [0.25, 0.3) is 0 Å². The molecule has 3 aliphatic heterocycles. The van der Waals surface area contributed by atoms with Crippen LogP contribution in [0.2, 0.25) is 0 Å². The number of allylic oxidation sites excluding steroid dienone is 3. The predicted octanol–water partition coefficient (Wildman–Crippen LogP) is 2.01. The van der Waals surface area contributed by atoms with E-state index in [4.69, 9.17) is 4.74 Å². The Morgan fingerprint density at radius 3 is 2.76 bits per heavy atom. The lowest BCUT2D eigenvalue weighted by Gasteiger charge is -2.43. The topological polar surface area (TPSA) is 91.2 Å². The Morgan fingerprint density at radius 1 is 1.28 bits per heavy atom. The van der Waals surface area contributed by atoms with E-state index in [0.29, 0.717) is 17.9 Å². The number of carbonyl (C=O) groups is 2. The van der Waals surface area contributed by atoms with Gasteiger partial charge in [-0.1, -0.05) is 50.3 Å². The molecule has 0 aromatic heterocycles. The molecule has 0 saturated carbocycles. The van der Waals surface area contributed by atoms with Crippen LogP contribution in [0.1, 0.15) is 25.8 Å². The van der Waals surface area contributed by atoms with Crippen LogP contribution in [-0.4, -0.2) is 39.4 Å². The molecule has 1 aromatic carbocycles. The van der Waals surface area contributed by atoms with E-state index >= 15 is 0 Å². The minimum absolute atomic E-state index is 0.0330. The van der Waals surface area contributed by atoms with Crippen LogP contribution in [0.5, 0.6) is 0 Å². The summed E-state index contributed by atoms with van der Waals surface area (Å²) in [6.07, 6.45) is 6.85. The number of nitrogens with one attached hydrogen (secondary N) is 1. The molecule has 7 nitrogen and oxygen atoms in total. The zero-order chi connectivity index (χ0) is 20.6. The summed E-state index contributed by atoms with van der Waals surface area (Å²) in [5.74, 6) is -0.758. The van der Waals surface area contributed by atoms with E-state index < -0.39 is 17.6 Å². The number of carbonyl (C=O) groups excluding carboxylic acids is 2.